The minimum absolute atomic E-state index is 0.667. The van der Waals surface area contributed by atoms with Gasteiger partial charge in [-0.25, -0.2) is 0 Å². The molecule has 0 radical (unpaired) electrons. The molecule has 5 heteroatoms. The van der Waals surface area contributed by atoms with Crippen molar-refractivity contribution in [2.24, 2.45) is 5.73 Å². The molecular formula is C18H22N4S. The van der Waals surface area contributed by atoms with Crippen molar-refractivity contribution in [1.29, 1.82) is 0 Å². The molecule has 0 aliphatic carbocycles. The molecule has 0 fully saturated rings. The van der Waals surface area contributed by atoms with Gasteiger partial charge in [-0.05, 0) is 23.4 Å². The van der Waals surface area contributed by atoms with E-state index in [1.807, 2.05) is 6.20 Å². The number of aromatic nitrogens is 2. The molecule has 3 aromatic rings. The fourth-order valence-corrected chi connectivity index (χ4v) is 3.36. The average molecular weight is 326 g/mol. The predicted octanol–water partition coefficient (Wildman–Crippen LogP) is 3.14. The Bertz CT molecular complexity index is 691. The molecule has 0 aliphatic heterocycles. The Balaban J connectivity index is 1.67. The van der Waals surface area contributed by atoms with Crippen LogP contribution in [-0.2, 0) is 13.0 Å². The van der Waals surface area contributed by atoms with Crippen LogP contribution in [0.15, 0.2) is 53.4 Å². The third-order valence-corrected chi connectivity index (χ3v) is 4.61. The Morgan fingerprint density at radius 3 is 2.74 bits per heavy atom. The zero-order valence-electron chi connectivity index (χ0n) is 13.1. The zero-order valence-corrected chi connectivity index (χ0v) is 13.9. The molecule has 0 spiro atoms. The number of rotatable bonds is 8. The van der Waals surface area contributed by atoms with Gasteiger partial charge >= 0.3 is 0 Å². The van der Waals surface area contributed by atoms with E-state index >= 15 is 0 Å². The van der Waals surface area contributed by atoms with Crippen molar-refractivity contribution in [1.82, 2.24) is 15.1 Å². The molecule has 3 N–H and O–H groups in total. The number of nitrogens with two attached hydrogens (primary N) is 1. The quantitative estimate of drug-likeness (QED) is 0.668. The molecule has 0 aliphatic rings. The van der Waals surface area contributed by atoms with Gasteiger partial charge in [-0.1, -0.05) is 30.3 Å². The molecule has 3 rings (SSSR count). The highest BCUT2D eigenvalue weighted by atomic mass is 32.1. The topological polar surface area (TPSA) is 57.9 Å². The average Bonchev–Trinajstić information content (AvgIpc) is 3.25. The lowest BCUT2D eigenvalue weighted by atomic mass is 10.1. The van der Waals surface area contributed by atoms with E-state index in [1.165, 1.54) is 16.7 Å². The molecule has 23 heavy (non-hydrogen) atoms. The Morgan fingerprint density at radius 1 is 1.13 bits per heavy atom. The summed E-state index contributed by atoms with van der Waals surface area (Å²) in [7, 11) is 0. The summed E-state index contributed by atoms with van der Waals surface area (Å²) in [4.78, 5) is 2.40. The summed E-state index contributed by atoms with van der Waals surface area (Å²) >= 11 is 1.70. The van der Waals surface area contributed by atoms with Crippen molar-refractivity contribution < 1.29 is 0 Å². The fourth-order valence-electron chi connectivity index (χ4n) is 2.71. The lowest BCUT2D eigenvalue weighted by Gasteiger charge is -2.21. The van der Waals surface area contributed by atoms with Crippen molar-refractivity contribution in [2.45, 2.75) is 13.0 Å². The zero-order chi connectivity index (χ0) is 15.9. The lowest BCUT2D eigenvalue weighted by Crippen LogP contribution is -2.31. The van der Waals surface area contributed by atoms with Crippen LogP contribution < -0.4 is 5.73 Å². The molecule has 0 saturated heterocycles. The molecule has 120 valence electrons. The molecule has 2 aromatic heterocycles. The number of aromatic amines is 1. The van der Waals surface area contributed by atoms with Crippen LogP contribution in [0.3, 0.4) is 0 Å². The molecule has 0 saturated carbocycles. The molecule has 2 heterocycles. The van der Waals surface area contributed by atoms with Crippen molar-refractivity contribution in [3.63, 3.8) is 0 Å². The monoisotopic (exact) mass is 326 g/mol. The van der Waals surface area contributed by atoms with E-state index in [4.69, 9.17) is 5.73 Å². The van der Waals surface area contributed by atoms with Crippen LogP contribution in [0, 0.1) is 0 Å². The first-order chi connectivity index (χ1) is 11.4. The van der Waals surface area contributed by atoms with E-state index in [0.29, 0.717) is 6.54 Å². The normalized spacial score (nSPS) is 11.2. The van der Waals surface area contributed by atoms with Gasteiger partial charge in [0.05, 0.1) is 11.9 Å². The van der Waals surface area contributed by atoms with Crippen molar-refractivity contribution in [3.05, 3.63) is 64.5 Å². The Hall–Kier alpha value is -1.95. The maximum Gasteiger partial charge on any atom is 0.0703 e. The highest BCUT2D eigenvalue weighted by molar-refractivity contribution is 7.08. The summed E-state index contributed by atoms with van der Waals surface area (Å²) < 4.78 is 0. The van der Waals surface area contributed by atoms with E-state index in [1.54, 1.807) is 11.3 Å². The number of hydrogen-bond acceptors (Lipinski definition) is 4. The largest absolute Gasteiger partial charge is 0.329 e. The minimum Gasteiger partial charge on any atom is -0.329 e. The van der Waals surface area contributed by atoms with Gasteiger partial charge in [-0.2, -0.15) is 16.4 Å². The molecule has 0 bridgehead atoms. The van der Waals surface area contributed by atoms with Gasteiger partial charge in [0.15, 0.2) is 0 Å². The fraction of sp³-hybridized carbons (Fsp3) is 0.278. The van der Waals surface area contributed by atoms with Gasteiger partial charge < -0.3 is 5.73 Å². The molecule has 1 aromatic carbocycles. The second-order valence-corrected chi connectivity index (χ2v) is 6.36. The van der Waals surface area contributed by atoms with Crippen LogP contribution in [0.5, 0.6) is 0 Å². The third-order valence-electron chi connectivity index (χ3n) is 3.93. The van der Waals surface area contributed by atoms with E-state index in [9.17, 15) is 0 Å². The Labute approximate surface area is 141 Å². The van der Waals surface area contributed by atoms with Crippen molar-refractivity contribution >= 4 is 11.3 Å². The Morgan fingerprint density at radius 2 is 2.00 bits per heavy atom. The van der Waals surface area contributed by atoms with Crippen LogP contribution in [0.4, 0.5) is 0 Å². The maximum absolute atomic E-state index is 5.80. The Kier molecular flexibility index (Phi) is 5.58. The number of nitrogens with zero attached hydrogens (tertiary/aromatic N) is 2. The molecule has 4 nitrogen and oxygen atoms in total. The standard InChI is InChI=1S/C18H22N4S/c19-8-10-22(9-6-15-4-2-1-3-5-15)13-17-12-20-21-18(17)16-7-11-23-14-16/h1-5,7,11-12,14H,6,8-10,13,19H2,(H,20,21). The van der Waals surface area contributed by atoms with Crippen molar-refractivity contribution in [3.8, 4) is 11.3 Å². The third kappa shape index (κ3) is 4.28. The van der Waals surface area contributed by atoms with Crippen LogP contribution in [0.2, 0.25) is 0 Å². The number of benzene rings is 1. The van der Waals surface area contributed by atoms with Crippen LogP contribution in [0.25, 0.3) is 11.3 Å². The van der Waals surface area contributed by atoms with Gasteiger partial charge in [0.25, 0.3) is 0 Å². The molecule has 0 unspecified atom stereocenters. The molecular weight excluding hydrogens is 304 g/mol. The van der Waals surface area contributed by atoms with E-state index < -0.39 is 0 Å². The van der Waals surface area contributed by atoms with E-state index in [0.717, 1.165) is 31.7 Å². The summed E-state index contributed by atoms with van der Waals surface area (Å²) in [5.74, 6) is 0. The number of hydrogen-bond donors (Lipinski definition) is 2. The summed E-state index contributed by atoms with van der Waals surface area (Å²) in [5, 5.41) is 11.6. The van der Waals surface area contributed by atoms with Gasteiger partial charge in [-0.15, -0.1) is 0 Å². The summed E-state index contributed by atoms with van der Waals surface area (Å²) in [6, 6.07) is 12.7. The first-order valence-electron chi connectivity index (χ1n) is 7.88. The van der Waals surface area contributed by atoms with E-state index in [2.05, 4.69) is 62.3 Å². The van der Waals surface area contributed by atoms with Gasteiger partial charge in [0, 0.05) is 42.7 Å². The van der Waals surface area contributed by atoms with Crippen LogP contribution in [0.1, 0.15) is 11.1 Å². The summed E-state index contributed by atoms with van der Waals surface area (Å²) in [6.07, 6.45) is 2.96. The summed E-state index contributed by atoms with van der Waals surface area (Å²) in [6.45, 7) is 3.42. The highest BCUT2D eigenvalue weighted by Crippen LogP contribution is 2.24. The number of H-pyrrole nitrogens is 1. The highest BCUT2D eigenvalue weighted by Gasteiger charge is 2.12. The SMILES string of the molecule is NCCN(CCc1ccccc1)Cc1cn[nH]c1-c1ccsc1. The first kappa shape index (κ1) is 15.9. The molecule has 0 atom stereocenters. The number of nitrogens with one attached hydrogen (secondary N) is 1. The first-order valence-corrected chi connectivity index (χ1v) is 8.82. The van der Waals surface area contributed by atoms with Crippen molar-refractivity contribution in [2.75, 3.05) is 19.6 Å². The predicted molar refractivity (Wildman–Crippen MR) is 96.4 cm³/mol. The second-order valence-electron chi connectivity index (χ2n) is 5.58. The van der Waals surface area contributed by atoms with Gasteiger partial charge in [0.2, 0.25) is 0 Å². The second kappa shape index (κ2) is 8.06. The van der Waals surface area contributed by atoms with Gasteiger partial charge in [-0.3, -0.25) is 10.00 Å². The number of thiophene rings is 1. The van der Waals surface area contributed by atoms with Crippen LogP contribution in [-0.4, -0.2) is 34.7 Å². The molecule has 0 amide bonds. The lowest BCUT2D eigenvalue weighted by molar-refractivity contribution is 0.277. The van der Waals surface area contributed by atoms with Crippen LogP contribution >= 0.6 is 11.3 Å². The summed E-state index contributed by atoms with van der Waals surface area (Å²) in [5.41, 5.74) is 10.7. The van der Waals surface area contributed by atoms with Gasteiger partial charge in [0.1, 0.15) is 0 Å². The smallest absolute Gasteiger partial charge is 0.0703 e. The maximum atomic E-state index is 5.80. The van der Waals surface area contributed by atoms with E-state index in [-0.39, 0.29) is 0 Å². The minimum atomic E-state index is 0.667.